The van der Waals surface area contributed by atoms with E-state index in [2.05, 4.69) is 25.9 Å². The summed E-state index contributed by atoms with van der Waals surface area (Å²) in [4.78, 5) is 69.9. The molecule has 18 nitrogen and oxygen atoms in total. The van der Waals surface area contributed by atoms with Gasteiger partial charge in [-0.25, -0.2) is 4.79 Å². The van der Waals surface area contributed by atoms with Crippen molar-refractivity contribution in [1.29, 1.82) is 0 Å². The maximum absolute atomic E-state index is 13.6. The molecule has 46 heavy (non-hydrogen) atoms. The van der Waals surface area contributed by atoms with Crippen molar-refractivity contribution >= 4 is 23.7 Å². The molecule has 2 aromatic rings. The maximum atomic E-state index is 13.6. The van der Waals surface area contributed by atoms with Crippen LogP contribution in [0, 0.1) is 6.92 Å². The minimum absolute atomic E-state index is 0.0110. The Kier molecular flexibility index (Phi) is 13.0. The molecular weight excluding hydrogens is 608 g/mol. The summed E-state index contributed by atoms with van der Waals surface area (Å²) < 4.78 is 6.07. The number of rotatable bonds is 14. The Labute approximate surface area is 262 Å². The molecule has 1 aliphatic heterocycles. The highest BCUT2D eigenvalue weighted by atomic mass is 16.6. The van der Waals surface area contributed by atoms with Gasteiger partial charge in [0.1, 0.15) is 43.0 Å². The number of aromatic amines is 1. The first-order valence-electron chi connectivity index (χ1n) is 14.4. The molecule has 0 unspecified atom stereocenters. The van der Waals surface area contributed by atoms with Crippen LogP contribution in [0.3, 0.4) is 0 Å². The summed E-state index contributed by atoms with van der Waals surface area (Å²) in [5, 5.41) is 47.8. The minimum atomic E-state index is -1.80. The lowest BCUT2D eigenvalue weighted by atomic mass is 9.96. The standard InChI is InChI=1S/C28H40N8O10/c1-14-11-36(28(45)35-23(14)41)12-19(38)32-17(10-15-6-3-2-4-7-15)25(43)33-16(8-5-9-31-27(29)30)24(42)34-20-22(40)21(39)18(13-37)46-26(20)44/h2-4,6-7,11,16-18,20-22,26,37,39-40,44H,5,8-10,12-13H2,1H3,(H,32,38)(H,33,43)(H,34,42)(H4,29,30,31)(H,35,41,45)/t16-,17-,18+,20+,21+,22+,26+/m0/s1. The van der Waals surface area contributed by atoms with E-state index in [0.29, 0.717) is 5.56 Å². The molecule has 1 aromatic heterocycles. The van der Waals surface area contributed by atoms with Crippen molar-refractivity contribution in [2.75, 3.05) is 13.2 Å². The summed E-state index contributed by atoms with van der Waals surface area (Å²) in [6.45, 7) is 0.324. The second-order valence-electron chi connectivity index (χ2n) is 10.8. The number of hydrogen-bond donors (Lipinski definition) is 10. The van der Waals surface area contributed by atoms with Crippen molar-refractivity contribution in [1.82, 2.24) is 25.5 Å². The molecule has 7 atom stereocenters. The maximum Gasteiger partial charge on any atom is 0.328 e. The monoisotopic (exact) mass is 648 g/mol. The first kappa shape index (κ1) is 35.9. The van der Waals surface area contributed by atoms with Crippen LogP contribution in [-0.2, 0) is 32.1 Å². The van der Waals surface area contributed by atoms with E-state index < -0.39 is 84.8 Å². The predicted molar refractivity (Wildman–Crippen MR) is 162 cm³/mol. The van der Waals surface area contributed by atoms with E-state index in [1.807, 2.05) is 0 Å². The van der Waals surface area contributed by atoms with Crippen LogP contribution in [0.5, 0.6) is 0 Å². The van der Waals surface area contributed by atoms with Crippen LogP contribution in [0.2, 0.25) is 0 Å². The fourth-order valence-electron chi connectivity index (χ4n) is 4.75. The molecule has 0 spiro atoms. The lowest BCUT2D eigenvalue weighted by Gasteiger charge is -2.40. The van der Waals surface area contributed by atoms with Gasteiger partial charge in [0.05, 0.1) is 6.61 Å². The summed E-state index contributed by atoms with van der Waals surface area (Å²) in [6, 6.07) is 4.58. The van der Waals surface area contributed by atoms with Crippen LogP contribution >= 0.6 is 0 Å². The van der Waals surface area contributed by atoms with Gasteiger partial charge in [0.15, 0.2) is 12.2 Å². The fraction of sp³-hybridized carbons (Fsp3) is 0.500. The van der Waals surface area contributed by atoms with Gasteiger partial charge in [-0.3, -0.25) is 33.7 Å². The van der Waals surface area contributed by atoms with E-state index in [-0.39, 0.29) is 37.3 Å². The number of guanidine groups is 1. The Bertz CT molecular complexity index is 1490. The number of nitrogens with one attached hydrogen (secondary N) is 4. The smallest absolute Gasteiger partial charge is 0.328 e. The summed E-state index contributed by atoms with van der Waals surface area (Å²) >= 11 is 0. The Hall–Kier alpha value is -4.62. The molecule has 1 fully saturated rings. The highest BCUT2D eigenvalue weighted by Gasteiger charge is 2.45. The molecule has 1 aromatic carbocycles. The third-order valence-corrected chi connectivity index (χ3v) is 7.22. The number of hydrogen-bond acceptors (Lipinski definition) is 11. The van der Waals surface area contributed by atoms with Crippen molar-refractivity contribution in [3.63, 3.8) is 0 Å². The summed E-state index contributed by atoms with van der Waals surface area (Å²) in [5.41, 5.74) is 10.2. The van der Waals surface area contributed by atoms with Crippen molar-refractivity contribution in [2.45, 2.75) is 75.5 Å². The molecule has 3 amide bonds. The number of H-pyrrole nitrogens is 1. The third kappa shape index (κ3) is 9.94. The molecule has 2 heterocycles. The molecule has 0 bridgehead atoms. The van der Waals surface area contributed by atoms with Gasteiger partial charge < -0.3 is 52.6 Å². The molecule has 252 valence electrons. The van der Waals surface area contributed by atoms with Crippen LogP contribution in [0.4, 0.5) is 0 Å². The van der Waals surface area contributed by atoms with Gasteiger partial charge >= 0.3 is 5.69 Å². The van der Waals surface area contributed by atoms with Crippen molar-refractivity contribution in [2.24, 2.45) is 16.5 Å². The van der Waals surface area contributed by atoms with Crippen molar-refractivity contribution in [3.05, 3.63) is 68.5 Å². The van der Waals surface area contributed by atoms with E-state index in [4.69, 9.17) is 16.2 Å². The molecule has 0 aliphatic carbocycles. The lowest BCUT2D eigenvalue weighted by molar-refractivity contribution is -0.254. The molecule has 0 saturated carbocycles. The predicted octanol–water partition coefficient (Wildman–Crippen LogP) is -4.97. The summed E-state index contributed by atoms with van der Waals surface area (Å²) in [5.74, 6) is -2.59. The topological polar surface area (TPSA) is 297 Å². The number of aliphatic hydroxyl groups excluding tert-OH is 4. The molecule has 0 radical (unpaired) electrons. The number of carbonyl (C=O) groups is 3. The van der Waals surface area contributed by atoms with Gasteiger partial charge in [0.25, 0.3) is 5.56 Å². The minimum Gasteiger partial charge on any atom is -0.394 e. The van der Waals surface area contributed by atoms with E-state index in [0.717, 1.165) is 4.57 Å². The number of amides is 3. The van der Waals surface area contributed by atoms with Gasteiger partial charge in [-0.1, -0.05) is 30.3 Å². The second kappa shape index (κ2) is 16.6. The van der Waals surface area contributed by atoms with E-state index in [9.17, 15) is 44.4 Å². The van der Waals surface area contributed by atoms with Crippen LogP contribution in [-0.4, -0.2) is 110 Å². The first-order valence-corrected chi connectivity index (χ1v) is 14.4. The molecule has 18 heteroatoms. The molecule has 12 N–H and O–H groups in total. The number of benzene rings is 1. The number of nitrogens with zero attached hydrogens (tertiary/aromatic N) is 2. The van der Waals surface area contributed by atoms with E-state index in [1.165, 1.54) is 13.1 Å². The average Bonchev–Trinajstić information content (AvgIpc) is 3.01. The Morgan fingerprint density at radius 3 is 2.39 bits per heavy atom. The largest absolute Gasteiger partial charge is 0.394 e. The average molecular weight is 649 g/mol. The van der Waals surface area contributed by atoms with E-state index in [1.54, 1.807) is 30.3 Å². The third-order valence-electron chi connectivity index (χ3n) is 7.22. The number of aromatic nitrogens is 2. The highest BCUT2D eigenvalue weighted by Crippen LogP contribution is 2.20. The van der Waals surface area contributed by atoms with Crippen molar-refractivity contribution < 1.29 is 39.5 Å². The first-order chi connectivity index (χ1) is 21.8. The lowest BCUT2D eigenvalue weighted by Crippen LogP contribution is -2.66. The number of carbonyl (C=O) groups excluding carboxylic acids is 3. The molecule has 3 rings (SSSR count). The quantitative estimate of drug-likeness (QED) is 0.0523. The highest BCUT2D eigenvalue weighted by molar-refractivity contribution is 5.92. The van der Waals surface area contributed by atoms with Crippen LogP contribution in [0.1, 0.15) is 24.0 Å². The van der Waals surface area contributed by atoms with Gasteiger partial charge in [0.2, 0.25) is 17.7 Å². The zero-order chi connectivity index (χ0) is 34.0. The number of aliphatic imine (C=N–C) groups is 1. The van der Waals surface area contributed by atoms with Crippen LogP contribution in [0.25, 0.3) is 0 Å². The van der Waals surface area contributed by atoms with Gasteiger partial charge in [-0.15, -0.1) is 0 Å². The molecular formula is C28H40N8O10. The Balaban J connectivity index is 1.82. The van der Waals surface area contributed by atoms with Crippen LogP contribution < -0.4 is 38.7 Å². The van der Waals surface area contributed by atoms with Crippen LogP contribution in [0.15, 0.2) is 51.1 Å². The molecule has 1 saturated heterocycles. The Morgan fingerprint density at radius 2 is 1.74 bits per heavy atom. The number of aliphatic hydroxyl groups is 4. The Morgan fingerprint density at radius 1 is 1.04 bits per heavy atom. The SMILES string of the molecule is Cc1cn(CC(=O)N[C@@H](Cc2ccccc2)C(=O)N[C@@H](CCCN=C(N)N)C(=O)N[C@@H]2[C@@H](O)[C@H](O)[C@@H](CO)O[C@H]2O)c(=O)[nH]c1=O. The van der Waals surface area contributed by atoms with Gasteiger partial charge in [-0.2, -0.15) is 0 Å². The van der Waals surface area contributed by atoms with Crippen molar-refractivity contribution in [3.8, 4) is 0 Å². The number of nitrogens with two attached hydrogens (primary N) is 2. The second-order valence-corrected chi connectivity index (χ2v) is 10.8. The fourth-order valence-corrected chi connectivity index (χ4v) is 4.75. The van der Waals surface area contributed by atoms with Gasteiger partial charge in [0, 0.05) is 24.7 Å². The summed E-state index contributed by atoms with van der Waals surface area (Å²) in [7, 11) is 0. The zero-order valence-corrected chi connectivity index (χ0v) is 25.0. The zero-order valence-electron chi connectivity index (χ0n) is 25.0. The van der Waals surface area contributed by atoms with Gasteiger partial charge in [-0.05, 0) is 25.3 Å². The summed E-state index contributed by atoms with van der Waals surface area (Å²) in [6.07, 6.45) is -5.11. The number of aryl methyl sites for hydroxylation is 1. The van der Waals surface area contributed by atoms with E-state index >= 15 is 0 Å². The number of ether oxygens (including phenoxy) is 1. The normalized spacial score (nSPS) is 22.2. The molecule has 1 aliphatic rings.